The number of halogens is 1. The average Bonchev–Trinajstić information content (AvgIpc) is 2.43. The molecule has 72 valence electrons. The van der Waals surface area contributed by atoms with E-state index in [1.165, 1.54) is 0 Å². The van der Waals surface area contributed by atoms with E-state index in [1.54, 1.807) is 29.8 Å². The van der Waals surface area contributed by atoms with E-state index in [0.717, 1.165) is 10.9 Å². The highest BCUT2D eigenvalue weighted by atomic mass is 35.5. The highest BCUT2D eigenvalue weighted by Gasteiger charge is 2.17. The highest BCUT2D eigenvalue weighted by Crippen LogP contribution is 2.18. The molecule has 3 nitrogen and oxygen atoms in total. The summed E-state index contributed by atoms with van der Waals surface area (Å²) >= 11 is 5.83. The molecule has 0 fully saturated rings. The highest BCUT2D eigenvalue weighted by molar-refractivity contribution is 6.58. The zero-order chi connectivity index (χ0) is 10.3. The number of rotatable bonds is 1. The van der Waals surface area contributed by atoms with Gasteiger partial charge in [0.2, 0.25) is 0 Å². The van der Waals surface area contributed by atoms with Crippen LogP contribution in [0.4, 0.5) is 0 Å². The normalized spacial score (nSPS) is 10.9. The van der Waals surface area contributed by atoms with Crippen LogP contribution >= 0.6 is 11.6 Å². The van der Waals surface area contributed by atoms with Gasteiger partial charge in [0.05, 0.1) is 0 Å². The molecule has 2 rings (SSSR count). The molecule has 5 heteroatoms. The molecule has 0 aliphatic rings. The standard InChI is InChI=1S/C9H9BClNO2/c1-12-8-3-2-7(11)4-6(8)5-9(12)10(13)14/h2-5,13-14H,1H3. The minimum absolute atomic E-state index is 0.460. The fraction of sp³-hybridized carbons (Fsp3) is 0.111. The minimum Gasteiger partial charge on any atom is -0.422 e. The van der Waals surface area contributed by atoms with Crippen molar-refractivity contribution in [1.29, 1.82) is 0 Å². The van der Waals surface area contributed by atoms with Crippen LogP contribution in [0.1, 0.15) is 0 Å². The monoisotopic (exact) mass is 209 g/mol. The lowest BCUT2D eigenvalue weighted by Crippen LogP contribution is -2.34. The summed E-state index contributed by atoms with van der Waals surface area (Å²) in [7, 11) is 0.330. The number of aryl methyl sites for hydroxylation is 1. The number of aromatic nitrogens is 1. The first-order valence-corrected chi connectivity index (χ1v) is 4.58. The summed E-state index contributed by atoms with van der Waals surface area (Å²) in [5, 5.41) is 19.7. The molecular formula is C9H9BClNO2. The SMILES string of the molecule is Cn1c(B(O)O)cc2cc(Cl)ccc21. The van der Waals surface area contributed by atoms with Crippen LogP contribution in [0.25, 0.3) is 10.9 Å². The average molecular weight is 209 g/mol. The molecule has 1 aromatic heterocycles. The smallest absolute Gasteiger partial charge is 0.422 e. The second kappa shape index (κ2) is 3.31. The third-order valence-corrected chi connectivity index (χ3v) is 2.54. The summed E-state index contributed by atoms with van der Waals surface area (Å²) in [6, 6.07) is 7.13. The summed E-state index contributed by atoms with van der Waals surface area (Å²) < 4.78 is 1.73. The Morgan fingerprint density at radius 3 is 2.64 bits per heavy atom. The maximum absolute atomic E-state index is 9.08. The first-order valence-electron chi connectivity index (χ1n) is 4.20. The number of benzene rings is 1. The fourth-order valence-corrected chi connectivity index (χ4v) is 1.77. The quantitative estimate of drug-likeness (QED) is 0.672. The topological polar surface area (TPSA) is 45.4 Å². The zero-order valence-corrected chi connectivity index (χ0v) is 8.36. The Morgan fingerprint density at radius 2 is 2.00 bits per heavy atom. The van der Waals surface area contributed by atoms with Crippen LogP contribution in [0.2, 0.25) is 5.02 Å². The lowest BCUT2D eigenvalue weighted by atomic mass is 9.86. The van der Waals surface area contributed by atoms with E-state index in [-0.39, 0.29) is 0 Å². The molecule has 14 heavy (non-hydrogen) atoms. The molecule has 0 saturated heterocycles. The molecule has 2 N–H and O–H groups in total. The molecule has 0 aliphatic carbocycles. The van der Waals surface area contributed by atoms with Crippen LogP contribution in [0.3, 0.4) is 0 Å². The van der Waals surface area contributed by atoms with Crippen molar-refractivity contribution in [3.63, 3.8) is 0 Å². The number of fused-ring (bicyclic) bond motifs is 1. The van der Waals surface area contributed by atoms with E-state index in [0.29, 0.717) is 10.6 Å². The third kappa shape index (κ3) is 1.41. The summed E-state index contributed by atoms with van der Waals surface area (Å²) in [5.41, 5.74) is 1.39. The summed E-state index contributed by atoms with van der Waals surface area (Å²) in [6.07, 6.45) is 0. The predicted molar refractivity (Wildman–Crippen MR) is 57.8 cm³/mol. The van der Waals surface area contributed by atoms with Crippen molar-refractivity contribution < 1.29 is 10.0 Å². The van der Waals surface area contributed by atoms with Crippen LogP contribution in [0.15, 0.2) is 24.3 Å². The second-order valence-electron chi connectivity index (χ2n) is 3.21. The van der Waals surface area contributed by atoms with Crippen LogP contribution < -0.4 is 5.59 Å². The van der Waals surface area contributed by atoms with E-state index in [1.807, 2.05) is 6.07 Å². The molecule has 1 aromatic carbocycles. The van der Waals surface area contributed by atoms with Crippen molar-refractivity contribution in [3.05, 3.63) is 29.3 Å². The molecule has 0 atom stereocenters. The molecule has 0 unspecified atom stereocenters. The Kier molecular flexibility index (Phi) is 2.27. The lowest BCUT2D eigenvalue weighted by Gasteiger charge is -2.01. The van der Waals surface area contributed by atoms with Gasteiger partial charge in [0.25, 0.3) is 0 Å². The summed E-state index contributed by atoms with van der Waals surface area (Å²) in [5.74, 6) is 0. The number of hydrogen-bond donors (Lipinski definition) is 2. The molecule has 0 radical (unpaired) electrons. The van der Waals surface area contributed by atoms with E-state index in [9.17, 15) is 0 Å². The Hall–Kier alpha value is -0.965. The van der Waals surface area contributed by atoms with Gasteiger partial charge in [-0.25, -0.2) is 0 Å². The summed E-state index contributed by atoms with van der Waals surface area (Å²) in [4.78, 5) is 0. The number of hydrogen-bond acceptors (Lipinski definition) is 2. The van der Waals surface area contributed by atoms with E-state index >= 15 is 0 Å². The maximum Gasteiger partial charge on any atom is 0.505 e. The van der Waals surface area contributed by atoms with Crippen molar-refractivity contribution in [1.82, 2.24) is 4.57 Å². The Labute approximate surface area is 86.7 Å². The van der Waals surface area contributed by atoms with Gasteiger partial charge >= 0.3 is 7.12 Å². The van der Waals surface area contributed by atoms with Crippen LogP contribution in [-0.4, -0.2) is 21.7 Å². The fourth-order valence-electron chi connectivity index (χ4n) is 1.59. The third-order valence-electron chi connectivity index (χ3n) is 2.31. The first kappa shape index (κ1) is 9.58. The van der Waals surface area contributed by atoms with Gasteiger partial charge in [0.15, 0.2) is 0 Å². The Balaban J connectivity index is 2.73. The van der Waals surface area contributed by atoms with Gasteiger partial charge in [0.1, 0.15) is 0 Å². The second-order valence-corrected chi connectivity index (χ2v) is 3.64. The van der Waals surface area contributed by atoms with Crippen molar-refractivity contribution in [2.24, 2.45) is 7.05 Å². The first-order chi connectivity index (χ1) is 6.59. The van der Waals surface area contributed by atoms with Gasteiger partial charge in [-0.1, -0.05) is 11.6 Å². The van der Waals surface area contributed by atoms with E-state index in [2.05, 4.69) is 0 Å². The number of nitrogens with zero attached hydrogens (tertiary/aromatic N) is 1. The summed E-state index contributed by atoms with van der Waals surface area (Å²) in [6.45, 7) is 0. The predicted octanol–water partition coefficient (Wildman–Crippen LogP) is 0.511. The van der Waals surface area contributed by atoms with Crippen LogP contribution in [-0.2, 0) is 7.05 Å². The maximum atomic E-state index is 9.08. The molecule has 0 spiro atoms. The van der Waals surface area contributed by atoms with Gasteiger partial charge in [-0.15, -0.1) is 0 Å². The molecule has 1 heterocycles. The molecule has 2 aromatic rings. The molecule has 0 amide bonds. The van der Waals surface area contributed by atoms with Crippen molar-refractivity contribution in [3.8, 4) is 0 Å². The van der Waals surface area contributed by atoms with E-state index < -0.39 is 7.12 Å². The lowest BCUT2D eigenvalue weighted by molar-refractivity contribution is 0.423. The van der Waals surface area contributed by atoms with Gasteiger partial charge in [-0.05, 0) is 24.3 Å². The van der Waals surface area contributed by atoms with E-state index in [4.69, 9.17) is 21.6 Å². The molecule has 0 bridgehead atoms. The van der Waals surface area contributed by atoms with Gasteiger partial charge in [-0.2, -0.15) is 0 Å². The largest absolute Gasteiger partial charge is 0.505 e. The van der Waals surface area contributed by atoms with Gasteiger partial charge < -0.3 is 14.6 Å². The van der Waals surface area contributed by atoms with Crippen LogP contribution in [0, 0.1) is 0 Å². The molecule has 0 saturated carbocycles. The molecular weight excluding hydrogens is 200 g/mol. The Bertz CT molecular complexity index is 481. The van der Waals surface area contributed by atoms with Gasteiger partial charge in [-0.3, -0.25) is 0 Å². The van der Waals surface area contributed by atoms with Crippen LogP contribution in [0.5, 0.6) is 0 Å². The minimum atomic E-state index is -1.45. The van der Waals surface area contributed by atoms with Gasteiger partial charge in [0, 0.05) is 28.6 Å². The van der Waals surface area contributed by atoms with Crippen molar-refractivity contribution in [2.45, 2.75) is 0 Å². The molecule has 0 aliphatic heterocycles. The zero-order valence-electron chi connectivity index (χ0n) is 7.61. The van der Waals surface area contributed by atoms with Crippen molar-refractivity contribution in [2.75, 3.05) is 0 Å². The Morgan fingerprint density at radius 1 is 1.29 bits per heavy atom. The van der Waals surface area contributed by atoms with Crippen molar-refractivity contribution >= 4 is 35.2 Å².